The lowest BCUT2D eigenvalue weighted by Crippen LogP contribution is -2.24. The van der Waals surface area contributed by atoms with Crippen LogP contribution in [0.15, 0.2) is 65.8 Å². The highest BCUT2D eigenvalue weighted by atomic mass is 16.5. The third kappa shape index (κ3) is 4.79. The van der Waals surface area contributed by atoms with E-state index in [4.69, 9.17) is 14.2 Å². The fourth-order valence-corrected chi connectivity index (χ4v) is 2.71. The fourth-order valence-electron chi connectivity index (χ4n) is 2.71. The first kappa shape index (κ1) is 19.2. The molecule has 0 saturated carbocycles. The molecule has 0 fully saturated rings. The lowest BCUT2D eigenvalue weighted by Gasteiger charge is -2.11. The van der Waals surface area contributed by atoms with E-state index >= 15 is 0 Å². The molecule has 0 spiro atoms. The Labute approximate surface area is 163 Å². The summed E-state index contributed by atoms with van der Waals surface area (Å²) in [6, 6.07) is 19.1. The van der Waals surface area contributed by atoms with E-state index < -0.39 is 0 Å². The van der Waals surface area contributed by atoms with Crippen LogP contribution in [0.25, 0.3) is 10.8 Å². The van der Waals surface area contributed by atoms with Crippen LogP contribution in [0.2, 0.25) is 0 Å². The molecule has 0 saturated heterocycles. The molecule has 1 amide bonds. The lowest BCUT2D eigenvalue weighted by atomic mass is 10.1. The molecule has 144 valence electrons. The number of hydrogen-bond donors (Lipinski definition) is 1. The molecule has 0 atom stereocenters. The smallest absolute Gasteiger partial charge is 0.277 e. The number of ether oxygens (including phenoxy) is 3. The van der Waals surface area contributed by atoms with Gasteiger partial charge in [0.15, 0.2) is 18.1 Å². The first-order chi connectivity index (χ1) is 13.7. The van der Waals surface area contributed by atoms with Crippen LogP contribution in [0.1, 0.15) is 12.5 Å². The number of carbonyl (C=O) groups is 1. The number of rotatable bonds is 8. The Morgan fingerprint density at radius 3 is 2.64 bits per heavy atom. The van der Waals surface area contributed by atoms with Crippen LogP contribution in [0.4, 0.5) is 0 Å². The summed E-state index contributed by atoms with van der Waals surface area (Å²) in [5.74, 6) is 1.46. The predicted molar refractivity (Wildman–Crippen MR) is 109 cm³/mol. The van der Waals surface area contributed by atoms with E-state index in [1.165, 1.54) is 6.21 Å². The third-order valence-electron chi connectivity index (χ3n) is 4.00. The van der Waals surface area contributed by atoms with Crippen molar-refractivity contribution in [1.82, 2.24) is 5.43 Å². The normalized spacial score (nSPS) is 10.8. The number of amides is 1. The van der Waals surface area contributed by atoms with Crippen LogP contribution >= 0.6 is 0 Å². The SMILES string of the molecule is CCOc1c(/C=N/NC(=O)COc2ccc3ccccc3c2)cccc1OC. The van der Waals surface area contributed by atoms with Crippen molar-refractivity contribution in [2.75, 3.05) is 20.3 Å². The number of fused-ring (bicyclic) bond motifs is 1. The molecule has 3 rings (SSSR count). The highest BCUT2D eigenvalue weighted by Crippen LogP contribution is 2.29. The Hall–Kier alpha value is -3.54. The van der Waals surface area contributed by atoms with Crippen molar-refractivity contribution >= 4 is 22.9 Å². The summed E-state index contributed by atoms with van der Waals surface area (Å²) in [4.78, 5) is 12.0. The number of hydrogen-bond acceptors (Lipinski definition) is 5. The van der Waals surface area contributed by atoms with Gasteiger partial charge in [0.2, 0.25) is 0 Å². The van der Waals surface area contributed by atoms with Gasteiger partial charge in [0.1, 0.15) is 5.75 Å². The summed E-state index contributed by atoms with van der Waals surface area (Å²) < 4.78 is 16.4. The van der Waals surface area contributed by atoms with Gasteiger partial charge in [-0.1, -0.05) is 36.4 Å². The first-order valence-corrected chi connectivity index (χ1v) is 8.94. The molecular formula is C22H22N2O4. The van der Waals surface area contributed by atoms with Gasteiger partial charge in [-0.3, -0.25) is 4.79 Å². The van der Waals surface area contributed by atoms with Crippen molar-refractivity contribution in [3.05, 3.63) is 66.2 Å². The first-order valence-electron chi connectivity index (χ1n) is 8.94. The van der Waals surface area contributed by atoms with Crippen LogP contribution in [-0.4, -0.2) is 32.4 Å². The van der Waals surface area contributed by atoms with Gasteiger partial charge < -0.3 is 14.2 Å². The van der Waals surface area contributed by atoms with Gasteiger partial charge in [0, 0.05) is 5.56 Å². The average Bonchev–Trinajstić information content (AvgIpc) is 2.73. The van der Waals surface area contributed by atoms with Gasteiger partial charge >= 0.3 is 0 Å². The zero-order valence-electron chi connectivity index (χ0n) is 15.8. The molecule has 0 radical (unpaired) electrons. The van der Waals surface area contributed by atoms with Crippen molar-refractivity contribution in [3.63, 3.8) is 0 Å². The second-order valence-corrected chi connectivity index (χ2v) is 5.90. The molecule has 0 aliphatic carbocycles. The minimum atomic E-state index is -0.356. The summed E-state index contributed by atoms with van der Waals surface area (Å²) in [6.45, 7) is 2.25. The van der Waals surface area contributed by atoms with Crippen LogP contribution < -0.4 is 19.6 Å². The Balaban J connectivity index is 1.58. The van der Waals surface area contributed by atoms with Crippen molar-refractivity contribution in [2.45, 2.75) is 6.92 Å². The number of methoxy groups -OCH3 is 1. The minimum absolute atomic E-state index is 0.133. The van der Waals surface area contributed by atoms with E-state index in [-0.39, 0.29) is 12.5 Å². The summed E-state index contributed by atoms with van der Waals surface area (Å²) in [5.41, 5.74) is 3.16. The Bertz CT molecular complexity index is 985. The molecule has 0 bridgehead atoms. The van der Waals surface area contributed by atoms with E-state index in [2.05, 4.69) is 10.5 Å². The summed E-state index contributed by atoms with van der Waals surface area (Å²) in [6.07, 6.45) is 1.52. The van der Waals surface area contributed by atoms with E-state index in [1.54, 1.807) is 13.2 Å². The lowest BCUT2D eigenvalue weighted by molar-refractivity contribution is -0.123. The van der Waals surface area contributed by atoms with Crippen LogP contribution in [0.5, 0.6) is 17.2 Å². The second kappa shape index (κ2) is 9.41. The Kier molecular flexibility index (Phi) is 6.46. The maximum Gasteiger partial charge on any atom is 0.277 e. The highest BCUT2D eigenvalue weighted by molar-refractivity contribution is 5.87. The van der Waals surface area contributed by atoms with Gasteiger partial charge in [-0.15, -0.1) is 0 Å². The van der Waals surface area contributed by atoms with Gasteiger partial charge in [-0.25, -0.2) is 5.43 Å². The molecule has 0 aliphatic heterocycles. The van der Waals surface area contributed by atoms with Crippen molar-refractivity contribution in [2.24, 2.45) is 5.10 Å². The Morgan fingerprint density at radius 1 is 1.04 bits per heavy atom. The molecule has 28 heavy (non-hydrogen) atoms. The topological polar surface area (TPSA) is 69.2 Å². The number of carbonyl (C=O) groups excluding carboxylic acids is 1. The molecule has 0 heterocycles. The number of nitrogens with zero attached hydrogens (tertiary/aromatic N) is 1. The summed E-state index contributed by atoms with van der Waals surface area (Å²) in [5, 5.41) is 6.16. The number of nitrogens with one attached hydrogen (secondary N) is 1. The van der Waals surface area contributed by atoms with E-state index in [1.807, 2.05) is 61.5 Å². The largest absolute Gasteiger partial charge is 0.493 e. The maximum absolute atomic E-state index is 12.0. The van der Waals surface area contributed by atoms with Gasteiger partial charge in [-0.2, -0.15) is 5.10 Å². The monoisotopic (exact) mass is 378 g/mol. The second-order valence-electron chi connectivity index (χ2n) is 5.90. The molecule has 3 aromatic carbocycles. The van der Waals surface area contributed by atoms with Crippen LogP contribution in [-0.2, 0) is 4.79 Å². The fraction of sp³-hybridized carbons (Fsp3) is 0.182. The van der Waals surface area contributed by atoms with Gasteiger partial charge in [0.25, 0.3) is 5.91 Å². The number of benzene rings is 3. The standard InChI is InChI=1S/C22H22N2O4/c1-3-27-22-18(9-6-10-20(22)26-2)14-23-24-21(25)15-28-19-12-11-16-7-4-5-8-17(16)13-19/h4-14H,3,15H2,1-2H3,(H,24,25)/b23-14+. The Morgan fingerprint density at radius 2 is 1.86 bits per heavy atom. The van der Waals surface area contributed by atoms with Crippen molar-refractivity contribution < 1.29 is 19.0 Å². The molecule has 0 unspecified atom stereocenters. The number of hydrazone groups is 1. The van der Waals surface area contributed by atoms with Crippen molar-refractivity contribution in [3.8, 4) is 17.2 Å². The molecule has 0 aliphatic rings. The molecule has 3 aromatic rings. The van der Waals surface area contributed by atoms with Crippen LogP contribution in [0.3, 0.4) is 0 Å². The summed E-state index contributed by atoms with van der Waals surface area (Å²) in [7, 11) is 1.57. The maximum atomic E-state index is 12.0. The van der Waals surface area contributed by atoms with Gasteiger partial charge in [-0.05, 0) is 42.0 Å². The summed E-state index contributed by atoms with van der Waals surface area (Å²) >= 11 is 0. The minimum Gasteiger partial charge on any atom is -0.493 e. The number of para-hydroxylation sites is 1. The zero-order chi connectivity index (χ0) is 19.8. The highest BCUT2D eigenvalue weighted by Gasteiger charge is 2.08. The molecule has 1 N–H and O–H groups in total. The molecule has 0 aromatic heterocycles. The van der Waals surface area contributed by atoms with E-state index in [9.17, 15) is 4.79 Å². The van der Waals surface area contributed by atoms with Gasteiger partial charge in [0.05, 0.1) is 19.9 Å². The van der Waals surface area contributed by atoms with E-state index in [0.717, 1.165) is 10.8 Å². The zero-order valence-corrected chi connectivity index (χ0v) is 15.8. The quantitative estimate of drug-likeness (QED) is 0.478. The third-order valence-corrected chi connectivity index (χ3v) is 4.00. The average molecular weight is 378 g/mol. The van der Waals surface area contributed by atoms with E-state index in [0.29, 0.717) is 29.4 Å². The molecule has 6 heteroatoms. The van der Waals surface area contributed by atoms with Crippen molar-refractivity contribution in [1.29, 1.82) is 0 Å². The molecular weight excluding hydrogens is 356 g/mol. The van der Waals surface area contributed by atoms with Crippen LogP contribution in [0, 0.1) is 0 Å². The predicted octanol–water partition coefficient (Wildman–Crippen LogP) is 3.78. The molecule has 6 nitrogen and oxygen atoms in total.